The number of nitrogens with one attached hydrogen (secondary N) is 1. The van der Waals surface area contributed by atoms with Gasteiger partial charge in [0.05, 0.1) is 25.2 Å². The first-order valence-corrected chi connectivity index (χ1v) is 12.0. The van der Waals surface area contributed by atoms with Crippen molar-refractivity contribution in [1.29, 1.82) is 0 Å². The third-order valence-corrected chi connectivity index (χ3v) is 6.21. The second kappa shape index (κ2) is 14.8. The number of hydrogen-bond donors (Lipinski definition) is 2. The Hall–Kier alpha value is -2.36. The molecule has 3 N–H and O–H groups in total. The first kappa shape index (κ1) is 31.6. The molecule has 198 valence electrons. The first-order chi connectivity index (χ1) is 15.7. The molecule has 0 saturated heterocycles. The molecule has 0 aromatic heterocycles. The second-order valence-corrected chi connectivity index (χ2v) is 9.50. The predicted octanol–water partition coefficient (Wildman–Crippen LogP) is 2.00. The summed E-state index contributed by atoms with van der Waals surface area (Å²) in [4.78, 5) is 53.5. The number of methoxy groups -OCH3 is 1. The van der Waals surface area contributed by atoms with Crippen molar-refractivity contribution in [3.63, 3.8) is 0 Å². The lowest BCUT2D eigenvalue weighted by Crippen LogP contribution is -2.60. The van der Waals surface area contributed by atoms with Gasteiger partial charge in [-0.05, 0) is 24.7 Å². The third kappa shape index (κ3) is 8.77. The van der Waals surface area contributed by atoms with Gasteiger partial charge in [0, 0.05) is 21.2 Å². The number of rotatable bonds is 14. The summed E-state index contributed by atoms with van der Waals surface area (Å²) in [5, 5.41) is 2.85. The van der Waals surface area contributed by atoms with E-state index in [1.54, 1.807) is 18.9 Å². The molecule has 10 heteroatoms. The standard InChI is InChI=1S/C24H46N4O6/c1-11-16(7)21(17(33-10)13-18(25)29)27(8)23(31)19(14(3)4)26-22(30)20(15(5)6)28(9)24(32)34-12-2/h14-17,19-21H,11-13H2,1-10H3,(H2,25,29)(H,26,30)/t16-,17+,19-,20-,21-/m0/s1. The van der Waals surface area contributed by atoms with Crippen LogP contribution in [0.25, 0.3) is 0 Å². The SMILES string of the molecule is CCOC(=O)N(C)[C@H](C(=O)N[C@H](C(=O)N(C)[C@@H]([C@@H](C)CC)[C@@H](CC(N)=O)OC)C(C)C)C(C)C. The van der Waals surface area contributed by atoms with Crippen molar-refractivity contribution in [3.8, 4) is 0 Å². The van der Waals surface area contributed by atoms with E-state index in [-0.39, 0.29) is 36.7 Å². The number of carbonyl (C=O) groups is 4. The summed E-state index contributed by atoms with van der Waals surface area (Å²) in [6, 6.07) is -2.08. The van der Waals surface area contributed by atoms with Gasteiger partial charge in [-0.15, -0.1) is 0 Å². The Labute approximate surface area is 204 Å². The molecule has 0 aliphatic carbocycles. The monoisotopic (exact) mass is 486 g/mol. The molecule has 0 bridgehead atoms. The van der Waals surface area contributed by atoms with Crippen LogP contribution in [0.5, 0.6) is 0 Å². The maximum atomic E-state index is 13.6. The number of carbonyl (C=O) groups excluding carboxylic acids is 4. The van der Waals surface area contributed by atoms with Gasteiger partial charge in [0.15, 0.2) is 0 Å². The van der Waals surface area contributed by atoms with Gasteiger partial charge in [0.25, 0.3) is 0 Å². The molecule has 34 heavy (non-hydrogen) atoms. The molecule has 5 atom stereocenters. The summed E-state index contributed by atoms with van der Waals surface area (Å²) in [7, 11) is 4.65. The Morgan fingerprint density at radius 2 is 1.50 bits per heavy atom. The molecule has 0 saturated carbocycles. The van der Waals surface area contributed by atoms with Crippen molar-refractivity contribution in [3.05, 3.63) is 0 Å². The van der Waals surface area contributed by atoms with E-state index in [0.29, 0.717) is 0 Å². The average Bonchev–Trinajstić information content (AvgIpc) is 2.75. The maximum Gasteiger partial charge on any atom is 0.410 e. The zero-order valence-corrected chi connectivity index (χ0v) is 22.6. The highest BCUT2D eigenvalue weighted by molar-refractivity contribution is 5.91. The van der Waals surface area contributed by atoms with E-state index >= 15 is 0 Å². The highest BCUT2D eigenvalue weighted by Gasteiger charge is 2.39. The van der Waals surface area contributed by atoms with Gasteiger partial charge < -0.3 is 25.4 Å². The zero-order valence-electron chi connectivity index (χ0n) is 22.6. The van der Waals surface area contributed by atoms with E-state index in [1.807, 2.05) is 41.5 Å². The summed E-state index contributed by atoms with van der Waals surface area (Å²) >= 11 is 0. The van der Waals surface area contributed by atoms with Crippen LogP contribution in [-0.2, 0) is 23.9 Å². The van der Waals surface area contributed by atoms with E-state index in [2.05, 4.69) is 5.32 Å². The molecule has 0 fully saturated rings. The van der Waals surface area contributed by atoms with Crippen molar-refractivity contribution in [2.45, 2.75) is 85.5 Å². The lowest BCUT2D eigenvalue weighted by atomic mass is 9.89. The van der Waals surface area contributed by atoms with Gasteiger partial charge in [-0.2, -0.15) is 0 Å². The molecule has 0 spiro atoms. The van der Waals surface area contributed by atoms with Crippen molar-refractivity contribution in [2.24, 2.45) is 23.5 Å². The smallest absolute Gasteiger partial charge is 0.410 e. The van der Waals surface area contributed by atoms with Crippen molar-refractivity contribution >= 4 is 23.8 Å². The highest BCUT2D eigenvalue weighted by atomic mass is 16.6. The highest BCUT2D eigenvalue weighted by Crippen LogP contribution is 2.23. The summed E-state index contributed by atoms with van der Waals surface area (Å²) in [5.41, 5.74) is 5.41. The Morgan fingerprint density at radius 3 is 1.88 bits per heavy atom. The van der Waals surface area contributed by atoms with Crippen LogP contribution < -0.4 is 11.1 Å². The van der Waals surface area contributed by atoms with Gasteiger partial charge in [0.1, 0.15) is 12.1 Å². The summed E-state index contributed by atoms with van der Waals surface area (Å²) in [6.07, 6.45) is -0.462. The topological polar surface area (TPSA) is 131 Å². The lowest BCUT2D eigenvalue weighted by Gasteiger charge is -2.40. The molecule has 4 amide bonds. The normalized spacial score (nSPS) is 15.8. The summed E-state index contributed by atoms with van der Waals surface area (Å²) < 4.78 is 10.6. The number of ether oxygens (including phenoxy) is 2. The van der Waals surface area contributed by atoms with Gasteiger partial charge >= 0.3 is 6.09 Å². The number of primary amides is 1. The van der Waals surface area contributed by atoms with Gasteiger partial charge in [-0.3, -0.25) is 19.3 Å². The Morgan fingerprint density at radius 1 is 0.941 bits per heavy atom. The van der Waals surface area contributed by atoms with Crippen LogP contribution in [0, 0.1) is 17.8 Å². The molecular weight excluding hydrogens is 440 g/mol. The molecule has 0 aliphatic rings. The zero-order chi connectivity index (χ0) is 26.7. The number of amides is 4. The molecule has 0 aliphatic heterocycles. The molecular formula is C24H46N4O6. The quantitative estimate of drug-likeness (QED) is 0.386. The van der Waals surface area contributed by atoms with Crippen LogP contribution in [0.2, 0.25) is 0 Å². The molecule has 0 unspecified atom stereocenters. The number of nitrogens with two attached hydrogens (primary N) is 1. The Balaban J connectivity index is 5.95. The maximum absolute atomic E-state index is 13.6. The van der Waals surface area contributed by atoms with Crippen LogP contribution in [0.15, 0.2) is 0 Å². The molecule has 0 heterocycles. The van der Waals surface area contributed by atoms with Crippen molar-refractivity contribution in [2.75, 3.05) is 27.8 Å². The molecule has 0 radical (unpaired) electrons. The van der Waals surface area contributed by atoms with Gasteiger partial charge in [0.2, 0.25) is 17.7 Å². The van der Waals surface area contributed by atoms with E-state index in [1.165, 1.54) is 19.1 Å². The van der Waals surface area contributed by atoms with E-state index in [9.17, 15) is 19.2 Å². The predicted molar refractivity (Wildman–Crippen MR) is 131 cm³/mol. The van der Waals surface area contributed by atoms with Gasteiger partial charge in [-0.1, -0.05) is 48.0 Å². The van der Waals surface area contributed by atoms with Gasteiger partial charge in [-0.25, -0.2) is 4.79 Å². The van der Waals surface area contributed by atoms with Crippen LogP contribution in [0.3, 0.4) is 0 Å². The largest absolute Gasteiger partial charge is 0.450 e. The average molecular weight is 487 g/mol. The Kier molecular flexibility index (Phi) is 13.8. The summed E-state index contributed by atoms with van der Waals surface area (Å²) in [6.45, 7) is 13.2. The summed E-state index contributed by atoms with van der Waals surface area (Å²) in [5.74, 6) is -1.68. The van der Waals surface area contributed by atoms with Crippen molar-refractivity contribution < 1.29 is 28.7 Å². The Bertz CT molecular complexity index is 684. The fourth-order valence-electron chi connectivity index (χ4n) is 4.16. The van der Waals surface area contributed by atoms with Crippen LogP contribution in [0.1, 0.15) is 61.3 Å². The van der Waals surface area contributed by atoms with Crippen LogP contribution in [0.4, 0.5) is 4.79 Å². The fraction of sp³-hybridized carbons (Fsp3) is 0.833. The minimum Gasteiger partial charge on any atom is -0.450 e. The number of nitrogens with zero attached hydrogens (tertiary/aromatic N) is 2. The van der Waals surface area contributed by atoms with Crippen LogP contribution >= 0.6 is 0 Å². The number of hydrogen-bond acceptors (Lipinski definition) is 6. The van der Waals surface area contributed by atoms with Crippen molar-refractivity contribution in [1.82, 2.24) is 15.1 Å². The number of likely N-dealkylation sites (N-methyl/N-ethyl adjacent to an activating group) is 2. The first-order valence-electron chi connectivity index (χ1n) is 12.0. The fourth-order valence-corrected chi connectivity index (χ4v) is 4.16. The minimum atomic E-state index is -0.841. The molecule has 10 nitrogen and oxygen atoms in total. The molecule has 0 aromatic rings. The lowest BCUT2D eigenvalue weighted by molar-refractivity contribution is -0.144. The van der Waals surface area contributed by atoms with E-state index in [4.69, 9.17) is 15.2 Å². The van der Waals surface area contributed by atoms with Crippen LogP contribution in [-0.4, -0.2) is 85.7 Å². The third-order valence-electron chi connectivity index (χ3n) is 6.21. The second-order valence-electron chi connectivity index (χ2n) is 9.50. The molecule has 0 aromatic carbocycles. The van der Waals surface area contributed by atoms with E-state index in [0.717, 1.165) is 6.42 Å². The van der Waals surface area contributed by atoms with E-state index < -0.39 is 42.1 Å². The molecule has 0 rings (SSSR count). The minimum absolute atomic E-state index is 0.0140.